The van der Waals surface area contributed by atoms with Gasteiger partial charge < -0.3 is 0 Å². The van der Waals surface area contributed by atoms with Crippen LogP contribution >= 0.6 is 0 Å². The van der Waals surface area contributed by atoms with Crippen LogP contribution in [0.1, 0.15) is 5.56 Å². The third-order valence-electron chi connectivity index (χ3n) is 4.43. The fourth-order valence-electron chi connectivity index (χ4n) is 2.95. The van der Waals surface area contributed by atoms with Gasteiger partial charge in [-0.05, 0) is 6.07 Å². The van der Waals surface area contributed by atoms with E-state index in [-0.39, 0.29) is 0 Å². The summed E-state index contributed by atoms with van der Waals surface area (Å²) in [4.78, 5) is 17.5. The quantitative estimate of drug-likeness (QED) is 0.118. The van der Waals surface area contributed by atoms with Crippen LogP contribution in [0, 0.1) is 60.9 Å². The summed E-state index contributed by atoms with van der Waals surface area (Å²) < 4.78 is 127. The fourth-order valence-corrected chi connectivity index (χ4v) is 4.09. The molecule has 0 aliphatic carbocycles. The van der Waals surface area contributed by atoms with Gasteiger partial charge in [0.05, 0.1) is 20.6 Å². The van der Waals surface area contributed by atoms with Crippen molar-refractivity contribution in [3.63, 3.8) is 0 Å². The van der Waals surface area contributed by atoms with Gasteiger partial charge in [0.1, 0.15) is 17.1 Å². The van der Waals surface area contributed by atoms with Gasteiger partial charge in [-0.2, -0.15) is 8.42 Å². The highest BCUT2D eigenvalue weighted by atomic mass is 32.2. The van der Waals surface area contributed by atoms with Gasteiger partial charge in [-0.15, -0.1) is 0 Å². The van der Waals surface area contributed by atoms with Crippen LogP contribution in [0.15, 0.2) is 23.1 Å². The third-order valence-corrected chi connectivity index (χ3v) is 5.74. The second-order valence-electron chi connectivity index (χ2n) is 6.28. The van der Waals surface area contributed by atoms with Gasteiger partial charge in [0.15, 0.2) is 40.7 Å². The van der Waals surface area contributed by atoms with Gasteiger partial charge >= 0.3 is 10.1 Å². The van der Waals surface area contributed by atoms with Crippen LogP contribution in [0.5, 0.6) is 0 Å². The van der Waals surface area contributed by atoms with Crippen LogP contribution in [0.2, 0.25) is 0 Å². The Morgan fingerprint density at radius 1 is 0.706 bits per heavy atom. The summed E-state index contributed by atoms with van der Waals surface area (Å²) in [6.07, 6.45) is 0. The molecule has 0 heterocycles. The normalized spacial score (nSPS) is 11.7. The molecule has 0 radical (unpaired) electrons. The smallest absolute Gasteiger partial charge is 0.261 e. The van der Waals surface area contributed by atoms with Crippen LogP contribution in [-0.4, -0.2) is 18.3 Å². The molecule has 0 amide bonds. The molecule has 180 valence electrons. The van der Waals surface area contributed by atoms with Crippen molar-refractivity contribution in [2.45, 2.75) is 11.5 Å². The van der Waals surface area contributed by atoms with Gasteiger partial charge in [-0.25, -0.2) is 30.7 Å². The molecule has 0 saturated carbocycles. The second-order valence-corrected chi connectivity index (χ2v) is 7.83. The Morgan fingerprint density at radius 3 is 1.56 bits per heavy atom. The van der Waals surface area contributed by atoms with Gasteiger partial charge in [0.2, 0.25) is 0 Å². The standard InChI is InChI=1S/C17H5F7N2O7S/c18-10-8-9(12(20)14(22)13(10)21)17(16(24)15(23)11(8)19)34(31,32)33-4-5-6(25(27)28)2-1-3-7(5)26(29)30/h1-3H,4H2. The summed E-state index contributed by atoms with van der Waals surface area (Å²) in [5.74, 6) is -18.7. The maximum Gasteiger partial charge on any atom is 0.301 e. The highest BCUT2D eigenvalue weighted by Gasteiger charge is 2.37. The SMILES string of the molecule is O=[N+]([O-])c1cccc([N+](=O)[O-])c1COS(=O)(=O)c1c(F)c(F)c(F)c2c(F)c(F)c(F)c(F)c12. The zero-order chi connectivity index (χ0) is 25.7. The van der Waals surface area contributed by atoms with Crippen LogP contribution < -0.4 is 0 Å². The molecule has 0 aromatic heterocycles. The molecule has 0 unspecified atom stereocenters. The topological polar surface area (TPSA) is 130 Å². The van der Waals surface area contributed by atoms with Gasteiger partial charge in [-0.1, -0.05) is 0 Å². The molecule has 3 rings (SSSR count). The molecule has 9 nitrogen and oxygen atoms in total. The largest absolute Gasteiger partial charge is 0.301 e. The molecule has 0 spiro atoms. The summed E-state index contributed by atoms with van der Waals surface area (Å²) in [5.41, 5.74) is -3.10. The van der Waals surface area contributed by atoms with Crippen molar-refractivity contribution >= 4 is 32.3 Å². The average Bonchev–Trinajstić information content (AvgIpc) is 2.77. The van der Waals surface area contributed by atoms with E-state index < -0.39 is 99.9 Å². The van der Waals surface area contributed by atoms with E-state index in [0.29, 0.717) is 12.1 Å². The molecule has 3 aromatic carbocycles. The lowest BCUT2D eigenvalue weighted by Crippen LogP contribution is -2.15. The number of benzene rings is 3. The molecule has 34 heavy (non-hydrogen) atoms. The number of hydrogen-bond donors (Lipinski definition) is 0. The number of halogens is 7. The molecule has 0 bridgehead atoms. The van der Waals surface area contributed by atoms with Crippen LogP contribution in [-0.2, 0) is 20.9 Å². The Bertz CT molecular complexity index is 1470. The molecule has 3 aromatic rings. The van der Waals surface area contributed by atoms with E-state index in [1.807, 2.05) is 0 Å². The van der Waals surface area contributed by atoms with Crippen LogP contribution in [0.3, 0.4) is 0 Å². The Hall–Kier alpha value is -3.86. The zero-order valence-corrected chi connectivity index (χ0v) is 16.6. The first-order valence-corrected chi connectivity index (χ1v) is 9.75. The summed E-state index contributed by atoms with van der Waals surface area (Å²) in [7, 11) is -5.93. The second kappa shape index (κ2) is 8.49. The lowest BCUT2D eigenvalue weighted by Gasteiger charge is -2.14. The van der Waals surface area contributed by atoms with E-state index >= 15 is 0 Å². The minimum absolute atomic E-state index is 0.694. The number of fused-ring (bicyclic) bond motifs is 1. The van der Waals surface area contributed by atoms with Crippen LogP contribution in [0.25, 0.3) is 10.8 Å². The van der Waals surface area contributed by atoms with E-state index in [9.17, 15) is 59.4 Å². The highest BCUT2D eigenvalue weighted by Crippen LogP contribution is 2.38. The molecular formula is C17H5F7N2O7S. The number of hydrogen-bond acceptors (Lipinski definition) is 7. The molecule has 0 atom stereocenters. The first-order valence-electron chi connectivity index (χ1n) is 8.34. The molecule has 0 saturated heterocycles. The summed E-state index contributed by atoms with van der Waals surface area (Å²) >= 11 is 0. The number of rotatable bonds is 6. The van der Waals surface area contributed by atoms with Gasteiger partial charge in [0.25, 0.3) is 11.4 Å². The molecule has 17 heteroatoms. The predicted molar refractivity (Wildman–Crippen MR) is 95.4 cm³/mol. The average molecular weight is 514 g/mol. The summed E-state index contributed by atoms with van der Waals surface area (Å²) in [5, 5.41) is 18.0. The van der Waals surface area contributed by atoms with Gasteiger partial charge in [0, 0.05) is 12.1 Å². The molecule has 0 N–H and O–H groups in total. The molecular weight excluding hydrogens is 509 g/mol. The number of nitro groups is 2. The maximum absolute atomic E-state index is 14.4. The van der Waals surface area contributed by atoms with E-state index in [1.165, 1.54) is 0 Å². The summed E-state index contributed by atoms with van der Waals surface area (Å²) in [6.45, 7) is -1.61. The van der Waals surface area contributed by atoms with Crippen molar-refractivity contribution in [2.24, 2.45) is 0 Å². The molecule has 0 fully saturated rings. The Morgan fingerprint density at radius 2 is 1.12 bits per heavy atom. The van der Waals surface area contributed by atoms with Crippen molar-refractivity contribution in [3.05, 3.63) is 84.7 Å². The first-order chi connectivity index (χ1) is 15.7. The van der Waals surface area contributed by atoms with Gasteiger partial charge in [-0.3, -0.25) is 24.4 Å². The summed E-state index contributed by atoms with van der Waals surface area (Å²) in [6, 6.07) is 2.24. The number of nitrogens with zero attached hydrogens (tertiary/aromatic N) is 2. The minimum Gasteiger partial charge on any atom is -0.261 e. The van der Waals surface area contributed by atoms with Crippen molar-refractivity contribution in [1.82, 2.24) is 0 Å². The van der Waals surface area contributed by atoms with E-state index in [1.54, 1.807) is 0 Å². The van der Waals surface area contributed by atoms with Crippen molar-refractivity contribution in [1.29, 1.82) is 0 Å². The lowest BCUT2D eigenvalue weighted by molar-refractivity contribution is -0.396. The molecule has 0 aliphatic heterocycles. The maximum atomic E-state index is 14.4. The Labute approximate surface area is 182 Å². The Kier molecular flexibility index (Phi) is 6.19. The zero-order valence-electron chi connectivity index (χ0n) is 15.7. The van der Waals surface area contributed by atoms with Crippen LogP contribution in [0.4, 0.5) is 42.1 Å². The van der Waals surface area contributed by atoms with Crippen molar-refractivity contribution in [3.8, 4) is 0 Å². The first kappa shape index (κ1) is 24.8. The number of nitro benzene ring substituents is 2. The predicted octanol–water partition coefficient (Wildman–Crippen LogP) is 4.54. The van der Waals surface area contributed by atoms with E-state index in [4.69, 9.17) is 0 Å². The third kappa shape index (κ3) is 3.77. The van der Waals surface area contributed by atoms with Crippen molar-refractivity contribution in [2.75, 3.05) is 0 Å². The lowest BCUT2D eigenvalue weighted by atomic mass is 10.1. The van der Waals surface area contributed by atoms with Crippen molar-refractivity contribution < 1.29 is 53.2 Å². The van der Waals surface area contributed by atoms with E-state index in [0.717, 1.165) is 6.07 Å². The van der Waals surface area contributed by atoms with E-state index in [2.05, 4.69) is 4.18 Å². The Balaban J connectivity index is 2.29. The molecule has 0 aliphatic rings. The fraction of sp³-hybridized carbons (Fsp3) is 0.0588. The monoisotopic (exact) mass is 514 g/mol. The highest BCUT2D eigenvalue weighted by molar-refractivity contribution is 7.87. The minimum atomic E-state index is -5.93.